The molecule has 0 radical (unpaired) electrons. The van der Waals surface area contributed by atoms with E-state index in [0.717, 1.165) is 24.2 Å². The summed E-state index contributed by atoms with van der Waals surface area (Å²) in [6, 6.07) is 9.03. The van der Waals surface area contributed by atoms with E-state index in [2.05, 4.69) is 12.2 Å². The smallest absolute Gasteiger partial charge is 0.251 e. The van der Waals surface area contributed by atoms with Crippen LogP contribution in [0.15, 0.2) is 41.1 Å². The topological polar surface area (TPSA) is 58.6 Å². The van der Waals surface area contributed by atoms with Gasteiger partial charge in [-0.2, -0.15) is 11.3 Å². The normalized spacial score (nSPS) is 11.9. The van der Waals surface area contributed by atoms with Crippen molar-refractivity contribution in [3.05, 3.63) is 52.2 Å². The highest BCUT2D eigenvalue weighted by Crippen LogP contribution is 2.18. The van der Waals surface area contributed by atoms with E-state index in [1.807, 2.05) is 29.0 Å². The quantitative estimate of drug-likeness (QED) is 0.687. The monoisotopic (exact) mass is 333 g/mol. The Labute approximate surface area is 141 Å². The van der Waals surface area contributed by atoms with Gasteiger partial charge in [-0.05, 0) is 59.5 Å². The first-order chi connectivity index (χ1) is 11.2. The molecule has 5 heteroatoms. The molecule has 1 aromatic heterocycles. The summed E-state index contributed by atoms with van der Waals surface area (Å²) in [7, 11) is 0. The number of hydrogen-bond acceptors (Lipinski definition) is 4. The summed E-state index contributed by atoms with van der Waals surface area (Å²) in [6.07, 6.45) is 2.09. The molecule has 0 spiro atoms. The molecular weight excluding hydrogens is 310 g/mol. The van der Waals surface area contributed by atoms with Crippen LogP contribution < -0.4 is 10.1 Å². The second-order valence-electron chi connectivity index (χ2n) is 5.34. The van der Waals surface area contributed by atoms with Crippen LogP contribution in [0.4, 0.5) is 0 Å². The Balaban J connectivity index is 1.74. The average Bonchev–Trinajstić information content (AvgIpc) is 3.10. The molecule has 1 aromatic carbocycles. The van der Waals surface area contributed by atoms with Crippen LogP contribution in [0.5, 0.6) is 5.75 Å². The molecule has 1 atom stereocenters. The van der Waals surface area contributed by atoms with Gasteiger partial charge in [0.15, 0.2) is 0 Å². The lowest BCUT2D eigenvalue weighted by atomic mass is 10.1. The fraction of sp³-hybridized carbons (Fsp3) is 0.389. The molecule has 1 heterocycles. The Morgan fingerprint density at radius 1 is 1.30 bits per heavy atom. The van der Waals surface area contributed by atoms with Gasteiger partial charge in [-0.1, -0.05) is 13.3 Å². The number of carbonyl (C=O) groups is 1. The predicted octanol–water partition coefficient (Wildman–Crippen LogP) is 3.78. The van der Waals surface area contributed by atoms with Crippen LogP contribution in [0, 0.1) is 0 Å². The highest BCUT2D eigenvalue weighted by molar-refractivity contribution is 7.07. The molecule has 0 aliphatic carbocycles. The van der Waals surface area contributed by atoms with Crippen LogP contribution in [-0.4, -0.2) is 24.2 Å². The third-order valence-electron chi connectivity index (χ3n) is 3.51. The molecular formula is C18H23NO3S. The molecule has 2 rings (SSSR count). The highest BCUT2D eigenvalue weighted by Gasteiger charge is 2.09. The number of thiophene rings is 1. The second-order valence-corrected chi connectivity index (χ2v) is 6.12. The maximum absolute atomic E-state index is 12.1. The van der Waals surface area contributed by atoms with E-state index < -0.39 is 6.10 Å². The van der Waals surface area contributed by atoms with Crippen molar-refractivity contribution < 1.29 is 14.6 Å². The van der Waals surface area contributed by atoms with Crippen molar-refractivity contribution in [3.63, 3.8) is 0 Å². The third-order valence-corrected chi connectivity index (χ3v) is 4.22. The molecule has 0 saturated carbocycles. The van der Waals surface area contributed by atoms with Crippen LogP contribution in [0.25, 0.3) is 0 Å². The molecule has 0 bridgehead atoms. The summed E-state index contributed by atoms with van der Waals surface area (Å²) in [6.45, 7) is 3.25. The van der Waals surface area contributed by atoms with Crippen molar-refractivity contribution in [2.24, 2.45) is 0 Å². The summed E-state index contributed by atoms with van der Waals surface area (Å²) in [5.74, 6) is 0.644. The number of aliphatic hydroxyl groups excluding tert-OH is 1. The Morgan fingerprint density at radius 2 is 2.09 bits per heavy atom. The number of amides is 1. The van der Waals surface area contributed by atoms with E-state index in [4.69, 9.17) is 4.74 Å². The number of benzene rings is 1. The first-order valence-corrected chi connectivity index (χ1v) is 8.86. The lowest BCUT2D eigenvalue weighted by Crippen LogP contribution is -2.25. The Hall–Kier alpha value is -1.85. The first-order valence-electron chi connectivity index (χ1n) is 7.92. The second kappa shape index (κ2) is 9.33. The molecule has 2 N–H and O–H groups in total. The largest absolute Gasteiger partial charge is 0.494 e. The van der Waals surface area contributed by atoms with Crippen LogP contribution in [0.3, 0.4) is 0 Å². The van der Waals surface area contributed by atoms with Gasteiger partial charge in [0.1, 0.15) is 5.75 Å². The number of carbonyl (C=O) groups excluding carboxylic acids is 1. The number of aliphatic hydroxyl groups is 1. The van der Waals surface area contributed by atoms with Crippen LogP contribution in [0.1, 0.15) is 48.2 Å². The molecule has 1 unspecified atom stereocenters. The Bertz CT molecular complexity index is 581. The van der Waals surface area contributed by atoms with Crippen molar-refractivity contribution in [1.82, 2.24) is 5.32 Å². The van der Waals surface area contributed by atoms with E-state index in [9.17, 15) is 9.90 Å². The number of unbranched alkanes of at least 4 members (excludes halogenated alkanes) is 1. The summed E-state index contributed by atoms with van der Waals surface area (Å²) < 4.78 is 5.57. The first kappa shape index (κ1) is 17.5. The van der Waals surface area contributed by atoms with Crippen LogP contribution >= 0.6 is 11.3 Å². The van der Waals surface area contributed by atoms with Gasteiger partial charge in [0, 0.05) is 12.1 Å². The molecule has 124 valence electrons. The van der Waals surface area contributed by atoms with Gasteiger partial charge in [0.25, 0.3) is 5.91 Å². The van der Waals surface area contributed by atoms with E-state index in [1.54, 1.807) is 23.5 Å². The zero-order chi connectivity index (χ0) is 16.5. The van der Waals surface area contributed by atoms with Gasteiger partial charge < -0.3 is 15.2 Å². The van der Waals surface area contributed by atoms with E-state index in [1.165, 1.54) is 0 Å². The Morgan fingerprint density at radius 3 is 2.74 bits per heavy atom. The molecule has 1 amide bonds. The fourth-order valence-corrected chi connectivity index (χ4v) is 2.80. The van der Waals surface area contributed by atoms with Crippen molar-refractivity contribution in [2.45, 2.75) is 32.3 Å². The minimum atomic E-state index is -0.532. The number of nitrogens with one attached hydrogen (secondary N) is 1. The van der Waals surface area contributed by atoms with Crippen molar-refractivity contribution in [1.29, 1.82) is 0 Å². The Kier molecular flexibility index (Phi) is 7.10. The lowest BCUT2D eigenvalue weighted by Gasteiger charge is -2.10. The molecule has 0 fully saturated rings. The van der Waals surface area contributed by atoms with Gasteiger partial charge >= 0.3 is 0 Å². The van der Waals surface area contributed by atoms with Crippen LogP contribution in [-0.2, 0) is 0 Å². The number of rotatable bonds is 9. The summed E-state index contributed by atoms with van der Waals surface area (Å²) in [5.41, 5.74) is 1.50. The van der Waals surface area contributed by atoms with Crippen molar-refractivity contribution in [2.75, 3.05) is 13.2 Å². The molecule has 0 aliphatic heterocycles. The van der Waals surface area contributed by atoms with Gasteiger partial charge in [-0.25, -0.2) is 0 Å². The highest BCUT2D eigenvalue weighted by atomic mass is 32.1. The van der Waals surface area contributed by atoms with Gasteiger partial charge in [0.2, 0.25) is 0 Å². The maximum Gasteiger partial charge on any atom is 0.251 e. The SMILES string of the molecule is CCCCOc1ccc(C(=O)NCCC(O)c2ccsc2)cc1. The lowest BCUT2D eigenvalue weighted by molar-refractivity contribution is 0.0942. The summed E-state index contributed by atoms with van der Waals surface area (Å²) >= 11 is 1.55. The fourth-order valence-electron chi connectivity index (χ4n) is 2.09. The van der Waals surface area contributed by atoms with Gasteiger partial charge in [0.05, 0.1) is 12.7 Å². The van der Waals surface area contributed by atoms with E-state index >= 15 is 0 Å². The molecule has 23 heavy (non-hydrogen) atoms. The minimum Gasteiger partial charge on any atom is -0.494 e. The van der Waals surface area contributed by atoms with Crippen LogP contribution in [0.2, 0.25) is 0 Å². The number of hydrogen-bond donors (Lipinski definition) is 2. The zero-order valence-corrected chi connectivity index (χ0v) is 14.1. The number of ether oxygens (including phenoxy) is 1. The zero-order valence-electron chi connectivity index (χ0n) is 13.3. The van der Waals surface area contributed by atoms with Gasteiger partial charge in [-0.15, -0.1) is 0 Å². The summed E-state index contributed by atoms with van der Waals surface area (Å²) in [4.78, 5) is 12.1. The third kappa shape index (κ3) is 5.69. The van der Waals surface area contributed by atoms with Gasteiger partial charge in [-0.3, -0.25) is 4.79 Å². The van der Waals surface area contributed by atoms with Crippen molar-refractivity contribution in [3.8, 4) is 5.75 Å². The summed E-state index contributed by atoms with van der Waals surface area (Å²) in [5, 5.41) is 16.7. The molecule has 2 aromatic rings. The van der Waals surface area contributed by atoms with E-state index in [0.29, 0.717) is 25.1 Å². The maximum atomic E-state index is 12.1. The minimum absolute atomic E-state index is 0.136. The standard InChI is InChI=1S/C18H23NO3S/c1-2-3-11-22-16-6-4-14(5-7-16)18(21)19-10-8-17(20)15-9-12-23-13-15/h4-7,9,12-13,17,20H,2-3,8,10-11H2,1H3,(H,19,21). The molecule has 0 aliphatic rings. The average molecular weight is 333 g/mol. The molecule has 0 saturated heterocycles. The molecule has 4 nitrogen and oxygen atoms in total. The van der Waals surface area contributed by atoms with Crippen molar-refractivity contribution >= 4 is 17.2 Å². The van der Waals surface area contributed by atoms with E-state index in [-0.39, 0.29) is 5.91 Å². The predicted molar refractivity (Wildman–Crippen MR) is 93.1 cm³/mol.